The van der Waals surface area contributed by atoms with Gasteiger partial charge >= 0.3 is 0 Å². The summed E-state index contributed by atoms with van der Waals surface area (Å²) >= 11 is 0. The van der Waals surface area contributed by atoms with Crippen molar-refractivity contribution >= 4 is 0 Å². The summed E-state index contributed by atoms with van der Waals surface area (Å²) in [6.45, 7) is 13.3. The maximum absolute atomic E-state index is 5.61. The van der Waals surface area contributed by atoms with E-state index in [1.54, 1.807) is 13.4 Å². The van der Waals surface area contributed by atoms with E-state index in [1.165, 1.54) is 5.56 Å². The zero-order chi connectivity index (χ0) is 15.0. The summed E-state index contributed by atoms with van der Waals surface area (Å²) in [6, 6.07) is 2.57. The fourth-order valence-corrected chi connectivity index (χ4v) is 2.08. The SMILES string of the molecule is COCCN(Cc1ccoc1CNCC(C)C)C(C)C. The van der Waals surface area contributed by atoms with Crippen molar-refractivity contribution in [3.05, 3.63) is 23.7 Å². The Morgan fingerprint density at radius 2 is 2.05 bits per heavy atom. The first-order valence-electron chi connectivity index (χ1n) is 7.53. The van der Waals surface area contributed by atoms with Gasteiger partial charge in [-0.05, 0) is 32.4 Å². The quantitative estimate of drug-likeness (QED) is 0.716. The van der Waals surface area contributed by atoms with Crippen LogP contribution in [0.4, 0.5) is 0 Å². The Morgan fingerprint density at radius 1 is 1.30 bits per heavy atom. The van der Waals surface area contributed by atoms with Crippen LogP contribution in [0.15, 0.2) is 16.7 Å². The molecule has 0 saturated heterocycles. The lowest BCUT2D eigenvalue weighted by molar-refractivity contribution is 0.124. The standard InChI is InChI=1S/C16H30N2O2/c1-13(2)10-17-11-16-15(6-8-20-16)12-18(14(3)4)7-9-19-5/h6,8,13-14,17H,7,9-12H2,1-5H3. The monoisotopic (exact) mass is 282 g/mol. The number of hydrogen-bond acceptors (Lipinski definition) is 4. The van der Waals surface area contributed by atoms with E-state index in [2.05, 4.69) is 44.0 Å². The van der Waals surface area contributed by atoms with Crippen molar-refractivity contribution in [2.75, 3.05) is 26.8 Å². The molecule has 0 aliphatic rings. The topological polar surface area (TPSA) is 37.6 Å². The van der Waals surface area contributed by atoms with Crippen molar-refractivity contribution < 1.29 is 9.15 Å². The van der Waals surface area contributed by atoms with Gasteiger partial charge in [-0.1, -0.05) is 13.8 Å². The lowest BCUT2D eigenvalue weighted by atomic mass is 10.2. The van der Waals surface area contributed by atoms with Gasteiger partial charge in [-0.25, -0.2) is 0 Å². The first kappa shape index (κ1) is 17.2. The maximum Gasteiger partial charge on any atom is 0.122 e. The molecule has 0 aromatic carbocycles. The summed E-state index contributed by atoms with van der Waals surface area (Å²) in [5.74, 6) is 1.70. The average Bonchev–Trinajstić information content (AvgIpc) is 2.81. The minimum absolute atomic E-state index is 0.497. The molecule has 0 fully saturated rings. The van der Waals surface area contributed by atoms with Crippen LogP contribution in [0.2, 0.25) is 0 Å². The molecule has 1 rings (SSSR count). The zero-order valence-corrected chi connectivity index (χ0v) is 13.6. The number of rotatable bonds is 10. The molecule has 0 unspecified atom stereocenters. The molecule has 116 valence electrons. The van der Waals surface area contributed by atoms with Gasteiger partial charge in [-0.15, -0.1) is 0 Å². The van der Waals surface area contributed by atoms with Crippen molar-refractivity contribution in [1.82, 2.24) is 10.2 Å². The number of hydrogen-bond donors (Lipinski definition) is 1. The van der Waals surface area contributed by atoms with Gasteiger partial charge in [0.05, 0.1) is 19.4 Å². The maximum atomic E-state index is 5.61. The third-order valence-corrected chi connectivity index (χ3v) is 3.36. The summed E-state index contributed by atoms with van der Waals surface area (Å²) in [5, 5.41) is 3.44. The second kappa shape index (κ2) is 9.16. The molecule has 0 bridgehead atoms. The molecular weight excluding hydrogens is 252 g/mol. The number of ether oxygens (including phenoxy) is 1. The molecule has 1 heterocycles. The van der Waals surface area contributed by atoms with Crippen molar-refractivity contribution in [3.63, 3.8) is 0 Å². The highest BCUT2D eigenvalue weighted by atomic mass is 16.5. The molecule has 0 amide bonds. The first-order chi connectivity index (χ1) is 9.54. The van der Waals surface area contributed by atoms with Gasteiger partial charge in [-0.3, -0.25) is 4.90 Å². The summed E-state index contributed by atoms with van der Waals surface area (Å²) in [6.07, 6.45) is 1.79. The van der Waals surface area contributed by atoms with Crippen molar-refractivity contribution in [1.29, 1.82) is 0 Å². The van der Waals surface area contributed by atoms with E-state index < -0.39 is 0 Å². The third-order valence-electron chi connectivity index (χ3n) is 3.36. The van der Waals surface area contributed by atoms with Gasteiger partial charge in [-0.2, -0.15) is 0 Å². The fraction of sp³-hybridized carbons (Fsp3) is 0.750. The van der Waals surface area contributed by atoms with Crippen molar-refractivity contribution in [2.45, 2.75) is 46.8 Å². The molecule has 0 radical (unpaired) electrons. The van der Waals surface area contributed by atoms with E-state index in [0.717, 1.165) is 38.5 Å². The molecule has 0 spiro atoms. The minimum atomic E-state index is 0.497. The number of nitrogens with zero attached hydrogens (tertiary/aromatic N) is 1. The Bertz CT molecular complexity index is 361. The molecule has 0 aliphatic carbocycles. The van der Waals surface area contributed by atoms with Crippen molar-refractivity contribution in [2.24, 2.45) is 5.92 Å². The van der Waals surface area contributed by atoms with Crippen LogP contribution in [0.1, 0.15) is 39.0 Å². The predicted octanol–water partition coefficient (Wildman–Crippen LogP) is 2.88. The van der Waals surface area contributed by atoms with Gasteiger partial charge < -0.3 is 14.5 Å². The molecule has 1 aromatic heterocycles. The van der Waals surface area contributed by atoms with Crippen molar-refractivity contribution in [3.8, 4) is 0 Å². The van der Waals surface area contributed by atoms with Gasteiger partial charge in [0.25, 0.3) is 0 Å². The smallest absolute Gasteiger partial charge is 0.122 e. The highest BCUT2D eigenvalue weighted by molar-refractivity contribution is 5.17. The minimum Gasteiger partial charge on any atom is -0.468 e. The van der Waals surface area contributed by atoms with Gasteiger partial charge in [0.15, 0.2) is 0 Å². The average molecular weight is 282 g/mol. The second-order valence-corrected chi connectivity index (χ2v) is 5.95. The second-order valence-electron chi connectivity index (χ2n) is 5.95. The van der Waals surface area contributed by atoms with E-state index >= 15 is 0 Å². The molecule has 1 N–H and O–H groups in total. The predicted molar refractivity (Wildman–Crippen MR) is 82.7 cm³/mol. The Hall–Kier alpha value is -0.840. The van der Waals surface area contributed by atoms with E-state index in [1.807, 2.05) is 0 Å². The Labute approximate surface area is 123 Å². The van der Waals surface area contributed by atoms with Crippen LogP contribution < -0.4 is 5.32 Å². The van der Waals surface area contributed by atoms with Gasteiger partial charge in [0.1, 0.15) is 5.76 Å². The van der Waals surface area contributed by atoms with E-state index in [9.17, 15) is 0 Å². The van der Waals surface area contributed by atoms with Gasteiger partial charge in [0, 0.05) is 31.8 Å². The summed E-state index contributed by atoms with van der Waals surface area (Å²) in [5.41, 5.74) is 1.27. The summed E-state index contributed by atoms with van der Waals surface area (Å²) in [7, 11) is 1.75. The normalized spacial score (nSPS) is 12.0. The molecule has 0 atom stereocenters. The molecule has 1 aromatic rings. The first-order valence-corrected chi connectivity index (χ1v) is 7.53. The van der Waals surface area contributed by atoms with Crippen LogP contribution in [0, 0.1) is 5.92 Å². The van der Waals surface area contributed by atoms with E-state index in [4.69, 9.17) is 9.15 Å². The molecular formula is C16H30N2O2. The molecule has 0 saturated carbocycles. The highest BCUT2D eigenvalue weighted by Gasteiger charge is 2.14. The zero-order valence-electron chi connectivity index (χ0n) is 13.6. The lowest BCUT2D eigenvalue weighted by Gasteiger charge is -2.26. The number of furan rings is 1. The third kappa shape index (κ3) is 6.07. The van der Waals surface area contributed by atoms with E-state index in [-0.39, 0.29) is 0 Å². The Kier molecular flexibility index (Phi) is 7.88. The largest absolute Gasteiger partial charge is 0.468 e. The van der Waals surface area contributed by atoms with Crippen LogP contribution in [-0.2, 0) is 17.8 Å². The summed E-state index contributed by atoms with van der Waals surface area (Å²) < 4.78 is 10.8. The van der Waals surface area contributed by atoms with Crippen LogP contribution in [-0.4, -0.2) is 37.7 Å². The van der Waals surface area contributed by atoms with E-state index in [0.29, 0.717) is 12.0 Å². The van der Waals surface area contributed by atoms with Crippen LogP contribution in [0.5, 0.6) is 0 Å². The fourth-order valence-electron chi connectivity index (χ4n) is 2.08. The van der Waals surface area contributed by atoms with Crippen LogP contribution in [0.25, 0.3) is 0 Å². The molecule has 20 heavy (non-hydrogen) atoms. The molecule has 4 heteroatoms. The molecule has 0 aliphatic heterocycles. The number of methoxy groups -OCH3 is 1. The summed E-state index contributed by atoms with van der Waals surface area (Å²) in [4.78, 5) is 2.40. The Balaban J connectivity index is 2.55. The lowest BCUT2D eigenvalue weighted by Crippen LogP contribution is -2.33. The highest BCUT2D eigenvalue weighted by Crippen LogP contribution is 2.15. The van der Waals surface area contributed by atoms with Gasteiger partial charge in [0.2, 0.25) is 0 Å². The number of nitrogens with one attached hydrogen (secondary N) is 1. The van der Waals surface area contributed by atoms with Crippen LogP contribution in [0.3, 0.4) is 0 Å². The Morgan fingerprint density at radius 3 is 2.65 bits per heavy atom. The van der Waals surface area contributed by atoms with Crippen LogP contribution >= 0.6 is 0 Å². The molecule has 4 nitrogen and oxygen atoms in total.